The van der Waals surface area contributed by atoms with Gasteiger partial charge in [-0.3, -0.25) is 0 Å². The molecule has 3 aliphatic rings. The number of benzene rings is 6. The van der Waals surface area contributed by atoms with Gasteiger partial charge in [0.1, 0.15) is 5.58 Å². The third-order valence-corrected chi connectivity index (χ3v) is 13.7. The van der Waals surface area contributed by atoms with Crippen molar-refractivity contribution in [3.8, 4) is 0 Å². The van der Waals surface area contributed by atoms with Crippen LogP contribution in [0.1, 0.15) is 104 Å². The molecule has 0 N–H and O–H groups in total. The number of unbranched alkanes of at least 4 members (excludes halogenated alkanes) is 3. The van der Waals surface area contributed by atoms with Gasteiger partial charge >= 0.3 is 0 Å². The molecule has 6 aromatic carbocycles. The zero-order valence-corrected chi connectivity index (χ0v) is 36.8. The van der Waals surface area contributed by atoms with E-state index in [1.54, 1.807) is 0 Å². The van der Waals surface area contributed by atoms with Gasteiger partial charge in [-0.15, -0.1) is 0 Å². The van der Waals surface area contributed by atoms with E-state index in [2.05, 4.69) is 204 Å². The Bertz CT molecular complexity index is 2730. The van der Waals surface area contributed by atoms with E-state index in [4.69, 9.17) is 4.42 Å². The number of furan rings is 1. The van der Waals surface area contributed by atoms with E-state index in [1.807, 2.05) is 0 Å². The number of hydrogen-bond acceptors (Lipinski definition) is 4. The van der Waals surface area contributed by atoms with Crippen LogP contribution in [0, 0.1) is 0 Å². The van der Waals surface area contributed by atoms with Crippen molar-refractivity contribution in [2.75, 3.05) is 21.2 Å². The van der Waals surface area contributed by atoms with Gasteiger partial charge in [0.2, 0.25) is 0 Å². The highest BCUT2D eigenvalue weighted by Gasteiger charge is 2.47. The van der Waals surface area contributed by atoms with Crippen LogP contribution in [0.5, 0.6) is 0 Å². The maximum atomic E-state index is 7.11. The summed E-state index contributed by atoms with van der Waals surface area (Å²) < 4.78 is 7.11. The van der Waals surface area contributed by atoms with Crippen molar-refractivity contribution in [1.82, 2.24) is 0 Å². The van der Waals surface area contributed by atoms with Crippen molar-refractivity contribution >= 4 is 79.8 Å². The fourth-order valence-electron chi connectivity index (χ4n) is 10.4. The van der Waals surface area contributed by atoms with E-state index in [9.17, 15) is 0 Å². The summed E-state index contributed by atoms with van der Waals surface area (Å²) in [7, 11) is 0. The molecular formula is C55H58BN3O. The molecule has 60 heavy (non-hydrogen) atoms. The van der Waals surface area contributed by atoms with E-state index in [0.717, 1.165) is 40.2 Å². The van der Waals surface area contributed by atoms with Gasteiger partial charge in [0.05, 0.1) is 11.3 Å². The average Bonchev–Trinajstić information content (AvgIpc) is 3.77. The van der Waals surface area contributed by atoms with E-state index in [1.165, 1.54) is 88.2 Å². The number of para-hydroxylation sites is 2. The van der Waals surface area contributed by atoms with E-state index in [-0.39, 0.29) is 23.0 Å². The lowest BCUT2D eigenvalue weighted by Gasteiger charge is -2.42. The first-order valence-electron chi connectivity index (χ1n) is 22.3. The van der Waals surface area contributed by atoms with E-state index in [0.29, 0.717) is 0 Å². The third-order valence-electron chi connectivity index (χ3n) is 13.7. The second kappa shape index (κ2) is 14.2. The molecule has 1 aromatic heterocycles. The summed E-state index contributed by atoms with van der Waals surface area (Å²) in [5.74, 6) is 0. The van der Waals surface area contributed by atoms with Crippen molar-refractivity contribution in [3.63, 3.8) is 0 Å². The first-order chi connectivity index (χ1) is 28.9. The Morgan fingerprint density at radius 1 is 0.600 bits per heavy atom. The zero-order valence-electron chi connectivity index (χ0n) is 36.8. The average molecular weight is 788 g/mol. The van der Waals surface area contributed by atoms with Crippen LogP contribution in [0.15, 0.2) is 138 Å². The number of rotatable bonds is 8. The van der Waals surface area contributed by atoms with Gasteiger partial charge in [0, 0.05) is 57.2 Å². The summed E-state index contributed by atoms with van der Waals surface area (Å²) in [6.45, 7) is 19.4. The molecule has 4 nitrogen and oxygen atoms in total. The van der Waals surface area contributed by atoms with Gasteiger partial charge < -0.3 is 19.1 Å². The Morgan fingerprint density at radius 2 is 1.20 bits per heavy atom. The van der Waals surface area contributed by atoms with Crippen LogP contribution in [-0.2, 0) is 16.2 Å². The molecule has 7 aromatic rings. The predicted octanol–water partition coefficient (Wildman–Crippen LogP) is 13.5. The summed E-state index contributed by atoms with van der Waals surface area (Å²) in [6, 6.07) is 50.4. The molecule has 5 heteroatoms. The second-order valence-electron chi connectivity index (χ2n) is 19.9. The van der Waals surface area contributed by atoms with Gasteiger partial charge in [-0.1, -0.05) is 148 Å². The maximum Gasteiger partial charge on any atom is 0.297 e. The van der Waals surface area contributed by atoms with Crippen LogP contribution in [0.4, 0.5) is 45.5 Å². The van der Waals surface area contributed by atoms with Gasteiger partial charge in [-0.05, 0) is 112 Å². The monoisotopic (exact) mass is 787 g/mol. The zero-order chi connectivity index (χ0) is 41.6. The van der Waals surface area contributed by atoms with Gasteiger partial charge in [-0.25, -0.2) is 0 Å². The number of fused-ring (bicyclic) bond motifs is 7. The number of hydrogen-bond donors (Lipinski definition) is 0. The molecule has 1 atom stereocenters. The Kier molecular flexibility index (Phi) is 9.13. The molecule has 302 valence electrons. The standard InChI is InChI=1S/C55H58BN3O/c1-9-10-11-16-34-55(8)36-57(45-20-14-13-19-43(45)55)41-32-33-44-48(35-41)58(39-28-24-37(25-29-39)53(2,3)4)46-21-17-22-47-50(46)56(44)52-51(42-18-12-15-23-49(42)60-52)59(47)40-30-26-38(27-31-40)54(5,6)7/h12-15,17-33,35H,9-11,16,34,36H2,1-8H3. The molecule has 0 amide bonds. The van der Waals surface area contributed by atoms with Crippen LogP contribution in [0.2, 0.25) is 0 Å². The summed E-state index contributed by atoms with van der Waals surface area (Å²) in [4.78, 5) is 7.59. The fourth-order valence-corrected chi connectivity index (χ4v) is 10.4. The first-order valence-corrected chi connectivity index (χ1v) is 22.3. The molecule has 0 aliphatic carbocycles. The molecule has 10 rings (SSSR count). The highest BCUT2D eigenvalue weighted by atomic mass is 16.3. The van der Waals surface area contributed by atoms with Crippen molar-refractivity contribution < 1.29 is 4.42 Å². The molecule has 3 aliphatic heterocycles. The highest BCUT2D eigenvalue weighted by Crippen LogP contribution is 2.50. The van der Waals surface area contributed by atoms with Crippen LogP contribution in [-0.4, -0.2) is 13.3 Å². The maximum absolute atomic E-state index is 7.11. The summed E-state index contributed by atoms with van der Waals surface area (Å²) in [5.41, 5.74) is 18.3. The first kappa shape index (κ1) is 38.5. The van der Waals surface area contributed by atoms with E-state index >= 15 is 0 Å². The molecule has 0 radical (unpaired) electrons. The minimum atomic E-state index is -0.0902. The second-order valence-corrected chi connectivity index (χ2v) is 19.9. The minimum absolute atomic E-state index is 0.0512. The third kappa shape index (κ3) is 6.18. The largest absolute Gasteiger partial charge is 0.468 e. The van der Waals surface area contributed by atoms with Gasteiger partial charge in [-0.2, -0.15) is 0 Å². The minimum Gasteiger partial charge on any atom is -0.468 e. The lowest BCUT2D eigenvalue weighted by Crippen LogP contribution is -2.61. The molecule has 0 bridgehead atoms. The molecule has 4 heterocycles. The lowest BCUT2D eigenvalue weighted by atomic mass is 9.35. The molecule has 0 spiro atoms. The number of anilines is 8. The lowest BCUT2D eigenvalue weighted by molar-refractivity contribution is 0.437. The topological polar surface area (TPSA) is 22.9 Å². The Labute approximate surface area is 357 Å². The summed E-state index contributed by atoms with van der Waals surface area (Å²) in [5, 5.41) is 1.13. The molecule has 0 saturated carbocycles. The number of nitrogens with zero attached hydrogens (tertiary/aromatic N) is 3. The molecule has 1 unspecified atom stereocenters. The smallest absolute Gasteiger partial charge is 0.297 e. The van der Waals surface area contributed by atoms with Crippen LogP contribution >= 0.6 is 0 Å². The van der Waals surface area contributed by atoms with Crippen LogP contribution in [0.3, 0.4) is 0 Å². The Balaban J connectivity index is 1.18. The van der Waals surface area contributed by atoms with Crippen molar-refractivity contribution in [2.24, 2.45) is 0 Å². The van der Waals surface area contributed by atoms with Crippen molar-refractivity contribution in [1.29, 1.82) is 0 Å². The van der Waals surface area contributed by atoms with Crippen molar-refractivity contribution in [3.05, 3.63) is 150 Å². The molecule has 0 fully saturated rings. The SMILES string of the molecule is CCCCCCC1(C)CN(c2ccc3c(c2)N(c2ccc(C(C)(C)C)cc2)c2cccc4c2B3c2oc3ccccc3c2N4c2ccc(C(C)(C)C)cc2)c2ccccc21. The molecule has 0 saturated heterocycles. The fraction of sp³-hybridized carbons (Fsp3) is 0.309. The van der Waals surface area contributed by atoms with Crippen molar-refractivity contribution in [2.45, 2.75) is 104 Å². The summed E-state index contributed by atoms with van der Waals surface area (Å²) >= 11 is 0. The van der Waals surface area contributed by atoms with E-state index < -0.39 is 0 Å². The quantitative estimate of drug-likeness (QED) is 0.113. The van der Waals surface area contributed by atoms with Crippen LogP contribution in [0.25, 0.3) is 11.0 Å². The Hall–Kier alpha value is -5.68. The summed E-state index contributed by atoms with van der Waals surface area (Å²) in [6.07, 6.45) is 6.31. The van der Waals surface area contributed by atoms with Crippen LogP contribution < -0.4 is 31.3 Å². The van der Waals surface area contributed by atoms with Gasteiger partial charge in [0.25, 0.3) is 6.71 Å². The normalized spacial score (nSPS) is 16.9. The van der Waals surface area contributed by atoms with Gasteiger partial charge in [0.15, 0.2) is 0 Å². The Morgan fingerprint density at radius 3 is 1.88 bits per heavy atom. The molecular weight excluding hydrogens is 729 g/mol. The highest BCUT2D eigenvalue weighted by molar-refractivity contribution is 7.00. The predicted molar refractivity (Wildman–Crippen MR) is 257 cm³/mol.